The number of hydrogen-bond donors (Lipinski definition) is 2. The molecule has 1 aliphatic heterocycles. The van der Waals surface area contributed by atoms with Crippen LogP contribution in [0.25, 0.3) is 0 Å². The molecule has 1 unspecified atom stereocenters. The molecule has 9 nitrogen and oxygen atoms in total. The van der Waals surface area contributed by atoms with Crippen LogP contribution >= 0.6 is 0 Å². The Bertz CT molecular complexity index is 893. The van der Waals surface area contributed by atoms with E-state index in [9.17, 15) is 22.8 Å². The summed E-state index contributed by atoms with van der Waals surface area (Å²) in [5.41, 5.74) is 0.661. The second-order valence-electron chi connectivity index (χ2n) is 8.41. The molecule has 1 aromatic heterocycles. The summed E-state index contributed by atoms with van der Waals surface area (Å²) >= 11 is 0. The van der Waals surface area contributed by atoms with Gasteiger partial charge < -0.3 is 15.1 Å². The van der Waals surface area contributed by atoms with Crippen LogP contribution in [0.2, 0.25) is 0 Å². The van der Waals surface area contributed by atoms with Gasteiger partial charge in [0.25, 0.3) is 5.91 Å². The van der Waals surface area contributed by atoms with Gasteiger partial charge in [0.05, 0.1) is 24.6 Å². The van der Waals surface area contributed by atoms with Gasteiger partial charge >= 0.3 is 0 Å². The number of rotatable bonds is 9. The number of amides is 2. The van der Waals surface area contributed by atoms with Gasteiger partial charge in [-0.15, -0.1) is 0 Å². The van der Waals surface area contributed by atoms with E-state index in [4.69, 9.17) is 4.42 Å². The highest BCUT2D eigenvalue weighted by Gasteiger charge is 2.33. The molecular formula is C21H33N3O6S. The Morgan fingerprint density at radius 3 is 2.61 bits per heavy atom. The van der Waals surface area contributed by atoms with Crippen LogP contribution in [0.4, 0.5) is 0 Å². The molecular weight excluding hydrogens is 422 g/mol. The van der Waals surface area contributed by atoms with Gasteiger partial charge in [-0.05, 0) is 44.6 Å². The topological polar surface area (TPSA) is 126 Å². The van der Waals surface area contributed by atoms with Crippen LogP contribution in [0.3, 0.4) is 0 Å². The maximum Gasteiger partial charge on any atom is 0.287 e. The third-order valence-electron chi connectivity index (χ3n) is 5.19. The van der Waals surface area contributed by atoms with Crippen LogP contribution in [0.5, 0.6) is 0 Å². The molecule has 2 amide bonds. The van der Waals surface area contributed by atoms with E-state index in [0.717, 1.165) is 0 Å². The zero-order valence-corrected chi connectivity index (χ0v) is 19.5. The Morgan fingerprint density at radius 1 is 1.32 bits per heavy atom. The lowest BCUT2D eigenvalue weighted by Crippen LogP contribution is -2.52. The van der Waals surface area contributed by atoms with Crippen molar-refractivity contribution < 1.29 is 27.2 Å². The minimum atomic E-state index is -3.49. The molecule has 2 heterocycles. The lowest BCUT2D eigenvalue weighted by molar-refractivity contribution is -0.129. The summed E-state index contributed by atoms with van der Waals surface area (Å²) in [6, 6.07) is 0.0360. The monoisotopic (exact) mass is 455 g/mol. The first-order valence-electron chi connectivity index (χ1n) is 10.7. The SMILES string of the molecule is CCCS(=O)(=O)N1CCC[C@H](NC(=O)C(CC(C)C)NC(=O)c2occc2C)C(=O)C1. The lowest BCUT2D eigenvalue weighted by Gasteiger charge is -2.23. The van der Waals surface area contributed by atoms with Crippen molar-refractivity contribution in [3.05, 3.63) is 23.7 Å². The molecule has 0 aliphatic carbocycles. The second kappa shape index (κ2) is 10.9. The van der Waals surface area contributed by atoms with Gasteiger partial charge in [0.15, 0.2) is 11.5 Å². The minimum Gasteiger partial charge on any atom is -0.459 e. The normalized spacial score (nSPS) is 19.1. The number of aryl methyl sites for hydroxylation is 1. The fourth-order valence-electron chi connectivity index (χ4n) is 3.58. The number of nitrogens with one attached hydrogen (secondary N) is 2. The Hall–Kier alpha value is -2.20. The summed E-state index contributed by atoms with van der Waals surface area (Å²) in [6.07, 6.45) is 3.08. The summed E-state index contributed by atoms with van der Waals surface area (Å²) in [4.78, 5) is 38.1. The van der Waals surface area contributed by atoms with Crippen molar-refractivity contribution >= 4 is 27.6 Å². The van der Waals surface area contributed by atoms with Crippen LogP contribution in [0.15, 0.2) is 16.7 Å². The van der Waals surface area contributed by atoms with Crippen molar-refractivity contribution in [3.8, 4) is 0 Å². The molecule has 1 saturated heterocycles. The van der Waals surface area contributed by atoms with Crippen LogP contribution in [-0.4, -0.2) is 61.2 Å². The molecule has 0 spiro atoms. The zero-order chi connectivity index (χ0) is 23.2. The lowest BCUT2D eigenvalue weighted by atomic mass is 10.0. The third-order valence-corrected chi connectivity index (χ3v) is 7.21. The van der Waals surface area contributed by atoms with Crippen molar-refractivity contribution in [1.29, 1.82) is 0 Å². The smallest absolute Gasteiger partial charge is 0.287 e. The van der Waals surface area contributed by atoms with Crippen LogP contribution in [-0.2, 0) is 19.6 Å². The molecule has 2 N–H and O–H groups in total. The van der Waals surface area contributed by atoms with E-state index < -0.39 is 33.9 Å². The summed E-state index contributed by atoms with van der Waals surface area (Å²) in [6.45, 7) is 7.37. The molecule has 1 aromatic rings. The number of carbonyl (C=O) groups is 3. The highest BCUT2D eigenvalue weighted by molar-refractivity contribution is 7.89. The zero-order valence-electron chi connectivity index (χ0n) is 18.6. The number of Topliss-reactive ketones (excluding diaryl/α,β-unsaturated/α-hetero) is 1. The molecule has 0 radical (unpaired) electrons. The predicted molar refractivity (Wildman–Crippen MR) is 116 cm³/mol. The number of ketones is 1. The van der Waals surface area contributed by atoms with E-state index in [-0.39, 0.29) is 36.3 Å². The molecule has 174 valence electrons. The number of furan rings is 1. The van der Waals surface area contributed by atoms with E-state index in [2.05, 4.69) is 10.6 Å². The average molecular weight is 456 g/mol. The Labute approximate surface area is 184 Å². The molecule has 2 rings (SSSR count). The third kappa shape index (κ3) is 6.90. The van der Waals surface area contributed by atoms with Crippen molar-refractivity contribution in [2.24, 2.45) is 5.92 Å². The van der Waals surface area contributed by atoms with Crippen molar-refractivity contribution in [2.45, 2.75) is 65.5 Å². The number of carbonyl (C=O) groups excluding carboxylic acids is 3. The van der Waals surface area contributed by atoms with E-state index in [1.54, 1.807) is 19.9 Å². The molecule has 1 fully saturated rings. The molecule has 10 heteroatoms. The van der Waals surface area contributed by atoms with Gasteiger partial charge in [0.2, 0.25) is 15.9 Å². The van der Waals surface area contributed by atoms with Gasteiger partial charge in [-0.25, -0.2) is 8.42 Å². The number of nitrogens with zero attached hydrogens (tertiary/aromatic N) is 1. The van der Waals surface area contributed by atoms with Gasteiger partial charge in [0.1, 0.15) is 6.04 Å². The highest BCUT2D eigenvalue weighted by atomic mass is 32.2. The van der Waals surface area contributed by atoms with Gasteiger partial charge in [0, 0.05) is 12.1 Å². The fourth-order valence-corrected chi connectivity index (χ4v) is 5.08. The summed E-state index contributed by atoms with van der Waals surface area (Å²) in [5.74, 6) is -1.05. The molecule has 31 heavy (non-hydrogen) atoms. The van der Waals surface area contributed by atoms with Gasteiger partial charge in [-0.3, -0.25) is 14.4 Å². The van der Waals surface area contributed by atoms with E-state index in [1.807, 2.05) is 13.8 Å². The molecule has 0 aromatic carbocycles. The van der Waals surface area contributed by atoms with Crippen LogP contribution < -0.4 is 10.6 Å². The van der Waals surface area contributed by atoms with Crippen molar-refractivity contribution in [2.75, 3.05) is 18.8 Å². The number of hydrogen-bond acceptors (Lipinski definition) is 6. The number of sulfonamides is 1. The van der Waals surface area contributed by atoms with Crippen LogP contribution in [0.1, 0.15) is 62.6 Å². The fraction of sp³-hybridized carbons (Fsp3) is 0.667. The largest absolute Gasteiger partial charge is 0.459 e. The first-order valence-corrected chi connectivity index (χ1v) is 12.3. The Morgan fingerprint density at radius 2 is 2.03 bits per heavy atom. The quantitative estimate of drug-likeness (QED) is 0.583. The molecule has 1 aliphatic rings. The Balaban J connectivity index is 2.07. The Kier molecular flexibility index (Phi) is 8.81. The molecule has 0 saturated carbocycles. The first-order chi connectivity index (χ1) is 14.5. The summed E-state index contributed by atoms with van der Waals surface area (Å²) in [5, 5.41) is 5.43. The first kappa shape index (κ1) is 25.1. The summed E-state index contributed by atoms with van der Waals surface area (Å²) in [7, 11) is -3.49. The predicted octanol–water partition coefficient (Wildman–Crippen LogP) is 1.62. The van der Waals surface area contributed by atoms with Gasteiger partial charge in [-0.1, -0.05) is 20.8 Å². The van der Waals surface area contributed by atoms with Crippen LogP contribution in [0, 0.1) is 12.8 Å². The van der Waals surface area contributed by atoms with E-state index >= 15 is 0 Å². The maximum atomic E-state index is 12.9. The summed E-state index contributed by atoms with van der Waals surface area (Å²) < 4.78 is 31.1. The van der Waals surface area contributed by atoms with Crippen molar-refractivity contribution in [1.82, 2.24) is 14.9 Å². The second-order valence-corrected chi connectivity index (χ2v) is 10.5. The standard InChI is InChI=1S/C21H33N3O6S/c1-5-11-31(28,29)24-9-6-7-16(18(25)13-24)22-20(26)17(12-14(2)3)23-21(27)19-15(4)8-10-30-19/h8,10,14,16-17H,5-7,9,11-13H2,1-4H3,(H,22,26)(H,23,27)/t16-,17?/m0/s1. The van der Waals surface area contributed by atoms with Gasteiger partial charge in [-0.2, -0.15) is 4.31 Å². The highest BCUT2D eigenvalue weighted by Crippen LogP contribution is 2.15. The van der Waals surface area contributed by atoms with E-state index in [1.165, 1.54) is 10.6 Å². The van der Waals surface area contributed by atoms with E-state index in [0.29, 0.717) is 31.2 Å². The molecule has 0 bridgehead atoms. The average Bonchev–Trinajstić information content (AvgIpc) is 3.01. The molecule has 2 atom stereocenters. The van der Waals surface area contributed by atoms with Crippen molar-refractivity contribution in [3.63, 3.8) is 0 Å². The maximum absolute atomic E-state index is 12.9. The minimum absolute atomic E-state index is 0.00794.